The minimum Gasteiger partial charge on any atom is -0.381 e. The van der Waals surface area contributed by atoms with E-state index in [1.807, 2.05) is 26.8 Å². The molecule has 0 radical (unpaired) electrons. The summed E-state index contributed by atoms with van der Waals surface area (Å²) in [6.45, 7) is 8.30. The quantitative estimate of drug-likeness (QED) is 0.165. The standard InChI is InChI=1S/C78H125F3N12O14/c1-15-48(3)65-74(104)87(9)45-64(96)89(11)58-29-21-18-24-38-92(73(58)103)59-39-50-32-30-49(31-33-50)25-19-17-20-28-57(67(97)84-65)88(10)63(95)42-56(69(99)85(6)7)83-68(98)66(52-26-22-23-27-52)90(12)75(105)77(46-76(4,5)47-77)91(13)72(102)60-41-53(107-16-2)43-93(60)70(100)55(82-62(94)44-86(8)71(59)101)37-35-51-34-36-54(78(79,80)81)61(40-51)106-14/h18,21,48-61,65-66H,15-17,19-20,22-47H2,1-14H3,(H,82,94)(H,83,98)(H,84,97)/b21-18-/t48-,49?,50?,51?,53+,54?,55-,56-,57-,58-,59-,60-,61?,65-,66-/m0/s1. The average Bonchev–Trinajstić information content (AvgIpc) is 1.62. The third kappa shape index (κ3) is 20.6. The van der Waals surface area contributed by atoms with Gasteiger partial charge < -0.3 is 69.5 Å². The SMILES string of the molecule is CCO[C@@H]1C[C@H]2C(=O)N(C)C3(CC(C)(C)C3)C(=O)N(C)[C@@H](C3CCCC3)C(=O)N[C@H](C(=O)N(C)C)CC(=O)N(C)[C@H]3CCCCCC4CCC(CC4)C[C@@H](C(=O)N(C)CC(=O)N[C@@H](CCC4CCC(C(F)(F)F)C(OC)C4)C(=O)N2C1)N1CC/C=C\C[C@@H](C1=O)N(C)C(=O)CN(C)C(=O)[C@H]([C@@H](C)CC)NC3=O. The molecule has 10 aliphatic rings. The number of likely N-dealkylation sites (N-methyl/N-ethyl adjacent to an activating group) is 7. The number of hydrogen-bond donors (Lipinski definition) is 3. The summed E-state index contributed by atoms with van der Waals surface area (Å²) in [6, 6.07) is -10.1. The van der Waals surface area contributed by atoms with Crippen LogP contribution in [0, 0.1) is 40.9 Å². The first kappa shape index (κ1) is 85.7. The maximum absolute atomic E-state index is 16.0. The lowest BCUT2D eigenvalue weighted by Gasteiger charge is -2.58. The highest BCUT2D eigenvalue weighted by Gasteiger charge is 2.62. The third-order valence-corrected chi connectivity index (χ3v) is 25.3. The summed E-state index contributed by atoms with van der Waals surface area (Å²) in [7, 11) is 13.0. The van der Waals surface area contributed by atoms with E-state index < -0.39 is 186 Å². The van der Waals surface area contributed by atoms with Crippen LogP contribution in [0.15, 0.2) is 12.2 Å². The zero-order valence-corrected chi connectivity index (χ0v) is 66.2. The van der Waals surface area contributed by atoms with Crippen molar-refractivity contribution in [3.8, 4) is 0 Å². The molecule has 13 atom stereocenters. The molecular weight excluding hydrogens is 1390 g/mol. The van der Waals surface area contributed by atoms with Crippen molar-refractivity contribution >= 4 is 70.9 Å². The van der Waals surface area contributed by atoms with Crippen molar-refractivity contribution in [2.24, 2.45) is 40.9 Å². The zero-order valence-electron chi connectivity index (χ0n) is 66.2. The number of carbonyl (C=O) groups excluding carboxylic acids is 12. The van der Waals surface area contributed by atoms with E-state index in [0.29, 0.717) is 57.3 Å². The second kappa shape index (κ2) is 37.2. The van der Waals surface area contributed by atoms with Gasteiger partial charge in [-0.15, -0.1) is 0 Å². The Hall–Kier alpha value is -6.91. The Bertz CT molecular complexity index is 3210. The predicted molar refractivity (Wildman–Crippen MR) is 393 cm³/mol. The van der Waals surface area contributed by atoms with Crippen molar-refractivity contribution in [1.29, 1.82) is 0 Å². The molecule has 107 heavy (non-hydrogen) atoms. The van der Waals surface area contributed by atoms with Crippen molar-refractivity contribution in [1.82, 2.24) is 60.0 Å². The van der Waals surface area contributed by atoms with Crippen molar-refractivity contribution in [3.63, 3.8) is 0 Å². The van der Waals surface area contributed by atoms with E-state index in [2.05, 4.69) is 16.0 Å². The van der Waals surface area contributed by atoms with Crippen LogP contribution in [0.2, 0.25) is 0 Å². The first-order chi connectivity index (χ1) is 50.5. The van der Waals surface area contributed by atoms with E-state index in [1.54, 1.807) is 19.9 Å². The van der Waals surface area contributed by atoms with Crippen LogP contribution in [0.1, 0.15) is 202 Å². The lowest BCUT2D eigenvalue weighted by Crippen LogP contribution is -2.71. The fraction of sp³-hybridized carbons (Fsp3) is 0.821. The van der Waals surface area contributed by atoms with Gasteiger partial charge in [0.1, 0.15) is 53.9 Å². The normalized spacial score (nSPS) is 32.6. The first-order valence-corrected chi connectivity index (χ1v) is 39.6. The van der Waals surface area contributed by atoms with Crippen LogP contribution < -0.4 is 16.0 Å². The molecule has 29 heteroatoms. The van der Waals surface area contributed by atoms with Crippen molar-refractivity contribution in [2.75, 3.05) is 96.3 Å². The number of nitrogens with one attached hydrogen (secondary N) is 3. The maximum Gasteiger partial charge on any atom is 0.394 e. The topological polar surface area (TPSA) is 289 Å². The van der Waals surface area contributed by atoms with Gasteiger partial charge in [0.15, 0.2) is 0 Å². The predicted octanol–water partition coefficient (Wildman–Crippen LogP) is 6.07. The molecule has 6 bridgehead atoms. The van der Waals surface area contributed by atoms with E-state index in [0.717, 1.165) is 38.5 Å². The van der Waals surface area contributed by atoms with Gasteiger partial charge in [-0.2, -0.15) is 13.2 Å². The number of ether oxygens (including phenoxy) is 2. The van der Waals surface area contributed by atoms with Gasteiger partial charge in [0, 0.05) is 89.6 Å². The Morgan fingerprint density at radius 2 is 1.26 bits per heavy atom. The molecule has 9 fully saturated rings. The Labute approximate surface area is 631 Å². The van der Waals surface area contributed by atoms with Crippen LogP contribution in [0.4, 0.5) is 13.2 Å². The summed E-state index contributed by atoms with van der Waals surface area (Å²) >= 11 is 0. The summed E-state index contributed by atoms with van der Waals surface area (Å²) in [4.78, 5) is 195. The van der Waals surface area contributed by atoms with Crippen LogP contribution in [-0.2, 0) is 67.0 Å². The van der Waals surface area contributed by atoms with Crippen LogP contribution in [0.3, 0.4) is 0 Å². The van der Waals surface area contributed by atoms with Gasteiger partial charge in [0.25, 0.3) is 0 Å². The highest BCUT2D eigenvalue weighted by molar-refractivity contribution is 6.01. The van der Waals surface area contributed by atoms with Crippen LogP contribution in [0.5, 0.6) is 0 Å². The van der Waals surface area contributed by atoms with E-state index in [9.17, 15) is 27.6 Å². The number of carbonyl (C=O) groups is 12. The second-order valence-electron chi connectivity index (χ2n) is 33.6. The van der Waals surface area contributed by atoms with Crippen molar-refractivity contribution in [3.05, 3.63) is 12.2 Å². The number of methoxy groups -OCH3 is 1. The number of amides is 12. The molecule has 0 aromatic heterocycles. The Morgan fingerprint density at radius 1 is 0.636 bits per heavy atom. The van der Waals surface area contributed by atoms with Gasteiger partial charge in [-0.1, -0.05) is 110 Å². The summed E-state index contributed by atoms with van der Waals surface area (Å²) in [5.74, 6) is -10.4. The van der Waals surface area contributed by atoms with E-state index in [1.165, 1.54) is 108 Å². The molecule has 0 aromatic rings. The number of alkyl halides is 3. The number of halogens is 3. The Kier molecular flexibility index (Phi) is 29.8. The number of fused-ring (bicyclic) bond motifs is 22. The molecular formula is C78H125F3N12O14. The lowest BCUT2D eigenvalue weighted by atomic mass is 9.57. The molecule has 12 amide bonds. The highest BCUT2D eigenvalue weighted by atomic mass is 19.4. The molecule has 26 nitrogen and oxygen atoms in total. The van der Waals surface area contributed by atoms with E-state index in [4.69, 9.17) is 9.47 Å². The van der Waals surface area contributed by atoms with Crippen LogP contribution in [-0.4, -0.2) is 284 Å². The number of hydrogen-bond acceptors (Lipinski definition) is 14. The largest absolute Gasteiger partial charge is 0.394 e. The monoisotopic (exact) mass is 1510 g/mol. The fourth-order valence-electron chi connectivity index (χ4n) is 18.8. The summed E-state index contributed by atoms with van der Waals surface area (Å²) < 4.78 is 54.7. The van der Waals surface area contributed by atoms with Gasteiger partial charge in [-0.05, 0) is 125 Å². The Balaban J connectivity index is 1.25. The minimum atomic E-state index is -4.52. The molecule has 1 spiro atoms. The molecule has 4 aliphatic carbocycles. The van der Waals surface area contributed by atoms with E-state index >= 15 is 43.2 Å². The van der Waals surface area contributed by atoms with Gasteiger partial charge >= 0.3 is 6.18 Å². The van der Waals surface area contributed by atoms with E-state index in [-0.39, 0.29) is 102 Å². The number of rotatable bonds is 10. The summed E-state index contributed by atoms with van der Waals surface area (Å²) in [5.41, 5.74) is -2.12. The molecule has 0 aromatic carbocycles. The smallest absolute Gasteiger partial charge is 0.381 e. The molecule has 602 valence electrons. The molecule has 5 saturated heterocycles. The maximum atomic E-state index is 16.0. The fourth-order valence-corrected chi connectivity index (χ4v) is 18.8. The zero-order chi connectivity index (χ0) is 78.7. The van der Waals surface area contributed by atoms with Gasteiger partial charge in [0.05, 0.1) is 37.6 Å². The first-order valence-electron chi connectivity index (χ1n) is 39.6. The molecule has 3 N–H and O–H groups in total. The van der Waals surface area contributed by atoms with Gasteiger partial charge in [-0.25, -0.2) is 0 Å². The van der Waals surface area contributed by atoms with Crippen molar-refractivity contribution < 1.29 is 80.2 Å². The lowest BCUT2D eigenvalue weighted by molar-refractivity contribution is -0.215. The minimum absolute atomic E-state index is 0.0146. The molecule has 10 rings (SSSR count). The molecule has 4 saturated carbocycles. The molecule has 6 aliphatic heterocycles. The Morgan fingerprint density at radius 3 is 1.89 bits per heavy atom. The van der Waals surface area contributed by atoms with Crippen molar-refractivity contribution in [2.45, 2.75) is 274 Å². The van der Waals surface area contributed by atoms with Crippen LogP contribution >= 0.6 is 0 Å². The van der Waals surface area contributed by atoms with Crippen LogP contribution in [0.25, 0.3) is 0 Å². The third-order valence-electron chi connectivity index (χ3n) is 25.3. The molecule has 6 heterocycles. The summed E-state index contributed by atoms with van der Waals surface area (Å²) in [6.07, 6.45) is 6.45. The summed E-state index contributed by atoms with van der Waals surface area (Å²) in [5, 5.41) is 8.79. The second-order valence-corrected chi connectivity index (χ2v) is 33.6. The van der Waals surface area contributed by atoms with Gasteiger partial charge in [0.2, 0.25) is 70.9 Å². The highest BCUT2D eigenvalue weighted by Crippen LogP contribution is 2.53. The number of nitrogens with zero attached hydrogens (tertiary/aromatic N) is 9. The average molecular weight is 1510 g/mol. The van der Waals surface area contributed by atoms with Gasteiger partial charge in [-0.3, -0.25) is 57.5 Å². The molecule has 3 unspecified atom stereocenters.